The molecule has 14 heavy (non-hydrogen) atoms. The third-order valence-electron chi connectivity index (χ3n) is 1.47. The van der Waals surface area contributed by atoms with Crippen LogP contribution in [0.5, 0.6) is 5.75 Å². The molecular formula is C8H7BrF3NO. The van der Waals surface area contributed by atoms with Crippen LogP contribution in [0.4, 0.5) is 13.2 Å². The Kier molecular flexibility index (Phi) is 3.38. The van der Waals surface area contributed by atoms with Crippen LogP contribution in [-0.2, 0) is 6.54 Å². The van der Waals surface area contributed by atoms with Crippen molar-refractivity contribution in [2.45, 2.75) is 12.9 Å². The first-order valence-corrected chi connectivity index (χ1v) is 4.46. The Morgan fingerprint density at radius 2 is 2.00 bits per heavy atom. The Hall–Kier alpha value is -0.750. The predicted octanol–water partition coefficient (Wildman–Crippen LogP) is 2.81. The van der Waals surface area contributed by atoms with Gasteiger partial charge in [-0.05, 0) is 23.8 Å². The van der Waals surface area contributed by atoms with E-state index in [1.807, 2.05) is 0 Å². The molecule has 1 aromatic carbocycles. The molecule has 0 amide bonds. The van der Waals surface area contributed by atoms with Crippen LogP contribution >= 0.6 is 15.9 Å². The van der Waals surface area contributed by atoms with Gasteiger partial charge in [0.2, 0.25) is 0 Å². The fourth-order valence-corrected chi connectivity index (χ4v) is 1.31. The van der Waals surface area contributed by atoms with Crippen molar-refractivity contribution in [2.24, 2.45) is 5.73 Å². The normalized spacial score (nSPS) is 11.5. The molecule has 1 rings (SSSR count). The minimum Gasteiger partial charge on any atom is -0.406 e. The lowest BCUT2D eigenvalue weighted by Gasteiger charge is -2.10. The van der Waals surface area contributed by atoms with Gasteiger partial charge in [-0.15, -0.1) is 13.2 Å². The van der Waals surface area contributed by atoms with Crippen LogP contribution in [0, 0.1) is 0 Å². The van der Waals surface area contributed by atoms with Gasteiger partial charge in [-0.25, -0.2) is 0 Å². The molecule has 0 aromatic heterocycles. The van der Waals surface area contributed by atoms with Gasteiger partial charge in [-0.3, -0.25) is 0 Å². The first kappa shape index (κ1) is 11.3. The topological polar surface area (TPSA) is 35.2 Å². The van der Waals surface area contributed by atoms with Crippen molar-refractivity contribution >= 4 is 15.9 Å². The van der Waals surface area contributed by atoms with Gasteiger partial charge in [0.25, 0.3) is 0 Å². The van der Waals surface area contributed by atoms with Gasteiger partial charge in [0.1, 0.15) is 5.75 Å². The largest absolute Gasteiger partial charge is 0.573 e. The highest BCUT2D eigenvalue weighted by molar-refractivity contribution is 9.10. The van der Waals surface area contributed by atoms with Gasteiger partial charge in [-0.2, -0.15) is 0 Å². The van der Waals surface area contributed by atoms with Crippen LogP contribution in [0.3, 0.4) is 0 Å². The minimum absolute atomic E-state index is 0.148. The van der Waals surface area contributed by atoms with Crippen LogP contribution in [0.2, 0.25) is 0 Å². The maximum atomic E-state index is 11.8. The number of nitrogens with two attached hydrogens (primary N) is 1. The number of halogens is 4. The van der Waals surface area contributed by atoms with E-state index in [0.717, 1.165) is 0 Å². The highest BCUT2D eigenvalue weighted by Gasteiger charge is 2.31. The number of benzene rings is 1. The molecule has 0 spiro atoms. The summed E-state index contributed by atoms with van der Waals surface area (Å²) >= 11 is 3.15. The van der Waals surface area contributed by atoms with E-state index in [2.05, 4.69) is 20.7 Å². The lowest BCUT2D eigenvalue weighted by atomic mass is 10.2. The number of rotatable bonds is 2. The van der Waals surface area contributed by atoms with Crippen molar-refractivity contribution in [3.8, 4) is 5.75 Å². The number of hydrogen-bond acceptors (Lipinski definition) is 2. The third kappa shape index (κ3) is 3.19. The van der Waals surface area contributed by atoms with Crippen LogP contribution < -0.4 is 10.5 Å². The van der Waals surface area contributed by atoms with E-state index in [9.17, 15) is 13.2 Å². The molecule has 78 valence electrons. The third-order valence-corrected chi connectivity index (χ3v) is 2.24. The van der Waals surface area contributed by atoms with Gasteiger partial charge < -0.3 is 10.5 Å². The van der Waals surface area contributed by atoms with Crippen molar-refractivity contribution in [3.05, 3.63) is 28.2 Å². The number of alkyl halides is 3. The SMILES string of the molecule is NCc1cc(OC(F)(F)F)ccc1Br. The molecule has 1 aromatic rings. The maximum absolute atomic E-state index is 11.8. The zero-order valence-electron chi connectivity index (χ0n) is 6.94. The molecule has 0 atom stereocenters. The van der Waals surface area contributed by atoms with Crippen molar-refractivity contribution in [1.82, 2.24) is 0 Å². The van der Waals surface area contributed by atoms with E-state index in [-0.39, 0.29) is 12.3 Å². The molecule has 6 heteroatoms. The van der Waals surface area contributed by atoms with Crippen molar-refractivity contribution in [3.63, 3.8) is 0 Å². The second-order valence-corrected chi connectivity index (χ2v) is 3.36. The second-order valence-electron chi connectivity index (χ2n) is 2.51. The van der Waals surface area contributed by atoms with E-state index >= 15 is 0 Å². The van der Waals surface area contributed by atoms with Crippen LogP contribution in [0.1, 0.15) is 5.56 Å². The highest BCUT2D eigenvalue weighted by atomic mass is 79.9. The van der Waals surface area contributed by atoms with E-state index < -0.39 is 6.36 Å². The van der Waals surface area contributed by atoms with E-state index in [1.54, 1.807) is 0 Å². The average molecular weight is 270 g/mol. The van der Waals surface area contributed by atoms with Crippen LogP contribution in [0.15, 0.2) is 22.7 Å². The molecule has 0 heterocycles. The molecule has 0 unspecified atom stereocenters. The summed E-state index contributed by atoms with van der Waals surface area (Å²) in [6.45, 7) is 0.148. The van der Waals surface area contributed by atoms with Gasteiger partial charge in [-0.1, -0.05) is 15.9 Å². The molecule has 2 nitrogen and oxygen atoms in total. The molecule has 0 aliphatic carbocycles. The molecule has 2 N–H and O–H groups in total. The zero-order valence-corrected chi connectivity index (χ0v) is 8.52. The first-order valence-electron chi connectivity index (χ1n) is 3.66. The van der Waals surface area contributed by atoms with Crippen molar-refractivity contribution < 1.29 is 17.9 Å². The Morgan fingerprint density at radius 3 is 2.50 bits per heavy atom. The summed E-state index contributed by atoms with van der Waals surface area (Å²) < 4.78 is 39.8. The van der Waals surface area contributed by atoms with Gasteiger partial charge in [0.05, 0.1) is 0 Å². The standard InChI is InChI=1S/C8H7BrF3NO/c9-7-2-1-6(3-5(7)4-13)14-8(10,11)12/h1-3H,4,13H2. The maximum Gasteiger partial charge on any atom is 0.573 e. The highest BCUT2D eigenvalue weighted by Crippen LogP contribution is 2.26. The fraction of sp³-hybridized carbons (Fsp3) is 0.250. The summed E-state index contributed by atoms with van der Waals surface area (Å²) in [4.78, 5) is 0. The summed E-state index contributed by atoms with van der Waals surface area (Å²) in [6, 6.07) is 3.93. The number of ether oxygens (including phenoxy) is 1. The van der Waals surface area contributed by atoms with Crippen molar-refractivity contribution in [1.29, 1.82) is 0 Å². The summed E-state index contributed by atoms with van der Waals surface area (Å²) in [5, 5.41) is 0. The van der Waals surface area contributed by atoms with Crippen molar-refractivity contribution in [2.75, 3.05) is 0 Å². The molecule has 0 aliphatic heterocycles. The second kappa shape index (κ2) is 4.18. The smallest absolute Gasteiger partial charge is 0.406 e. The Bertz CT molecular complexity index is 327. The molecular weight excluding hydrogens is 263 g/mol. The molecule has 0 bridgehead atoms. The monoisotopic (exact) mass is 269 g/mol. The Morgan fingerprint density at radius 1 is 1.36 bits per heavy atom. The van der Waals surface area contributed by atoms with Gasteiger partial charge >= 0.3 is 6.36 Å². The van der Waals surface area contributed by atoms with Crippen LogP contribution in [-0.4, -0.2) is 6.36 Å². The Labute approximate surface area is 87.0 Å². The minimum atomic E-state index is -4.67. The summed E-state index contributed by atoms with van der Waals surface area (Å²) in [6.07, 6.45) is -4.67. The van der Waals surface area contributed by atoms with E-state index in [4.69, 9.17) is 5.73 Å². The quantitative estimate of drug-likeness (QED) is 0.896. The van der Waals surface area contributed by atoms with E-state index in [1.165, 1.54) is 18.2 Å². The predicted molar refractivity (Wildman–Crippen MR) is 48.7 cm³/mol. The first-order chi connectivity index (χ1) is 6.42. The molecule has 0 saturated carbocycles. The van der Waals surface area contributed by atoms with Gasteiger partial charge in [0, 0.05) is 11.0 Å². The molecule has 0 aliphatic rings. The van der Waals surface area contributed by atoms with E-state index in [0.29, 0.717) is 10.0 Å². The molecule has 0 radical (unpaired) electrons. The lowest BCUT2D eigenvalue weighted by molar-refractivity contribution is -0.274. The van der Waals surface area contributed by atoms with Gasteiger partial charge in [0.15, 0.2) is 0 Å². The summed E-state index contributed by atoms with van der Waals surface area (Å²) in [5.74, 6) is -0.263. The molecule has 0 fully saturated rings. The Balaban J connectivity index is 2.90. The lowest BCUT2D eigenvalue weighted by Crippen LogP contribution is -2.17. The number of hydrogen-bond donors (Lipinski definition) is 1. The summed E-state index contributed by atoms with van der Waals surface area (Å²) in [5.41, 5.74) is 5.88. The van der Waals surface area contributed by atoms with Crippen LogP contribution in [0.25, 0.3) is 0 Å². The summed E-state index contributed by atoms with van der Waals surface area (Å²) in [7, 11) is 0. The molecule has 0 saturated heterocycles. The average Bonchev–Trinajstić information content (AvgIpc) is 2.06. The zero-order chi connectivity index (χ0) is 10.8. The fourth-order valence-electron chi connectivity index (χ4n) is 0.905.